The molecule has 0 aromatic heterocycles. The van der Waals surface area contributed by atoms with Crippen LogP contribution in [0, 0.1) is 0 Å². The third-order valence-electron chi connectivity index (χ3n) is 2.92. The van der Waals surface area contributed by atoms with Gasteiger partial charge < -0.3 is 16.0 Å². The number of nitrogens with two attached hydrogens (primary N) is 1. The van der Waals surface area contributed by atoms with Crippen molar-refractivity contribution in [3.05, 3.63) is 29.8 Å². The highest BCUT2D eigenvalue weighted by atomic mass is 16.2. The molecule has 0 aliphatic carbocycles. The fourth-order valence-electron chi connectivity index (χ4n) is 1.93. The average Bonchev–Trinajstić information content (AvgIpc) is 2.30. The molecule has 3 N–H and O–H groups in total. The number of amides is 1. The Bertz CT molecular complexity index is 374. The maximum Gasteiger partial charge on any atom is 0.254 e. The lowest BCUT2D eigenvalue weighted by Gasteiger charge is -2.34. The molecule has 0 bridgehead atoms. The maximum atomic E-state index is 12.2. The summed E-state index contributed by atoms with van der Waals surface area (Å²) in [4.78, 5) is 14.1. The molecule has 1 aromatic rings. The highest BCUT2D eigenvalue weighted by Crippen LogP contribution is 2.12. The molecule has 1 aliphatic rings. The van der Waals surface area contributed by atoms with E-state index in [-0.39, 0.29) is 11.9 Å². The average molecular weight is 219 g/mol. The summed E-state index contributed by atoms with van der Waals surface area (Å²) in [6.07, 6.45) is 0. The number of anilines is 1. The summed E-state index contributed by atoms with van der Waals surface area (Å²) >= 11 is 0. The van der Waals surface area contributed by atoms with Gasteiger partial charge in [0.15, 0.2) is 0 Å². The second kappa shape index (κ2) is 4.53. The van der Waals surface area contributed by atoms with Crippen LogP contribution in [0.25, 0.3) is 0 Å². The molecule has 0 radical (unpaired) electrons. The Kier molecular flexibility index (Phi) is 3.10. The molecule has 0 saturated carbocycles. The van der Waals surface area contributed by atoms with Gasteiger partial charge in [-0.05, 0) is 31.2 Å². The lowest BCUT2D eigenvalue weighted by molar-refractivity contribution is 0.0656. The molecule has 2 rings (SSSR count). The van der Waals surface area contributed by atoms with E-state index >= 15 is 0 Å². The van der Waals surface area contributed by atoms with Gasteiger partial charge in [-0.1, -0.05) is 0 Å². The quantitative estimate of drug-likeness (QED) is 0.684. The Morgan fingerprint density at radius 1 is 1.44 bits per heavy atom. The minimum absolute atomic E-state index is 0.0917. The summed E-state index contributed by atoms with van der Waals surface area (Å²) in [6, 6.07) is 7.35. The number of nitrogen functional groups attached to an aromatic ring is 1. The standard InChI is InChI=1S/C12H17N3O/c1-9-8-14-6-7-15(9)12(16)10-2-4-11(13)5-3-10/h2-5,9,14H,6-8,13H2,1H3. The number of nitrogens with one attached hydrogen (secondary N) is 1. The molecule has 1 amide bonds. The zero-order valence-corrected chi connectivity index (χ0v) is 9.44. The van der Waals surface area contributed by atoms with Crippen molar-refractivity contribution in [1.82, 2.24) is 10.2 Å². The van der Waals surface area contributed by atoms with E-state index in [0.29, 0.717) is 11.3 Å². The van der Waals surface area contributed by atoms with E-state index in [1.165, 1.54) is 0 Å². The van der Waals surface area contributed by atoms with Gasteiger partial charge in [0, 0.05) is 36.9 Å². The Balaban J connectivity index is 2.14. The largest absolute Gasteiger partial charge is 0.399 e. The third-order valence-corrected chi connectivity index (χ3v) is 2.92. The van der Waals surface area contributed by atoms with Crippen LogP contribution in [-0.2, 0) is 0 Å². The van der Waals surface area contributed by atoms with Crippen molar-refractivity contribution in [2.45, 2.75) is 13.0 Å². The van der Waals surface area contributed by atoms with Gasteiger partial charge >= 0.3 is 0 Å². The fraction of sp³-hybridized carbons (Fsp3) is 0.417. The SMILES string of the molecule is CC1CNCCN1C(=O)c1ccc(N)cc1. The van der Waals surface area contributed by atoms with Crippen LogP contribution >= 0.6 is 0 Å². The summed E-state index contributed by atoms with van der Waals surface area (Å²) in [5.74, 6) is 0.0917. The lowest BCUT2D eigenvalue weighted by atomic mass is 10.1. The Morgan fingerprint density at radius 2 is 2.12 bits per heavy atom. The smallest absolute Gasteiger partial charge is 0.254 e. The number of hydrogen-bond donors (Lipinski definition) is 2. The van der Waals surface area contributed by atoms with Crippen LogP contribution in [-0.4, -0.2) is 36.5 Å². The molecule has 1 saturated heterocycles. The van der Waals surface area contributed by atoms with Gasteiger partial charge in [0.25, 0.3) is 5.91 Å². The Morgan fingerprint density at radius 3 is 2.75 bits per heavy atom. The molecule has 86 valence electrons. The minimum atomic E-state index is 0.0917. The molecule has 1 atom stereocenters. The van der Waals surface area contributed by atoms with Crippen LogP contribution < -0.4 is 11.1 Å². The topological polar surface area (TPSA) is 58.4 Å². The van der Waals surface area contributed by atoms with Crippen LogP contribution in [0.3, 0.4) is 0 Å². The van der Waals surface area contributed by atoms with Gasteiger partial charge in [0.05, 0.1) is 0 Å². The number of rotatable bonds is 1. The van der Waals surface area contributed by atoms with Gasteiger partial charge in [-0.2, -0.15) is 0 Å². The van der Waals surface area contributed by atoms with Gasteiger partial charge in [0.2, 0.25) is 0 Å². The summed E-state index contributed by atoms with van der Waals surface area (Å²) < 4.78 is 0. The number of benzene rings is 1. The molecule has 1 heterocycles. The minimum Gasteiger partial charge on any atom is -0.399 e. The maximum absolute atomic E-state index is 12.2. The highest BCUT2D eigenvalue weighted by molar-refractivity contribution is 5.94. The normalized spacial score (nSPS) is 20.8. The predicted octanol–water partition coefficient (Wildman–Crippen LogP) is 0.703. The third kappa shape index (κ3) is 2.17. The second-order valence-corrected chi connectivity index (χ2v) is 4.17. The highest BCUT2D eigenvalue weighted by Gasteiger charge is 2.23. The van der Waals surface area contributed by atoms with Crippen LogP contribution in [0.5, 0.6) is 0 Å². The molecule has 1 aliphatic heterocycles. The van der Waals surface area contributed by atoms with Crippen molar-refractivity contribution < 1.29 is 4.79 Å². The van der Waals surface area contributed by atoms with E-state index in [1.807, 2.05) is 4.90 Å². The first-order valence-corrected chi connectivity index (χ1v) is 5.55. The van der Waals surface area contributed by atoms with Crippen molar-refractivity contribution in [3.8, 4) is 0 Å². The lowest BCUT2D eigenvalue weighted by Crippen LogP contribution is -2.52. The summed E-state index contributed by atoms with van der Waals surface area (Å²) in [5, 5.41) is 3.27. The van der Waals surface area contributed by atoms with Crippen LogP contribution in [0.1, 0.15) is 17.3 Å². The zero-order valence-electron chi connectivity index (χ0n) is 9.44. The predicted molar refractivity (Wildman–Crippen MR) is 64.2 cm³/mol. The summed E-state index contributed by atoms with van der Waals surface area (Å²) in [6.45, 7) is 4.55. The molecular weight excluding hydrogens is 202 g/mol. The van der Waals surface area contributed by atoms with Gasteiger partial charge in [-0.3, -0.25) is 4.79 Å². The van der Waals surface area contributed by atoms with Crippen molar-refractivity contribution in [2.75, 3.05) is 25.4 Å². The Hall–Kier alpha value is -1.55. The summed E-state index contributed by atoms with van der Waals surface area (Å²) in [5.41, 5.74) is 6.99. The molecule has 4 nitrogen and oxygen atoms in total. The van der Waals surface area contributed by atoms with E-state index in [9.17, 15) is 4.79 Å². The van der Waals surface area contributed by atoms with Crippen LogP contribution in [0.15, 0.2) is 24.3 Å². The molecule has 1 fully saturated rings. The number of hydrogen-bond acceptors (Lipinski definition) is 3. The van der Waals surface area contributed by atoms with Crippen molar-refractivity contribution >= 4 is 11.6 Å². The van der Waals surface area contributed by atoms with Crippen LogP contribution in [0.4, 0.5) is 5.69 Å². The van der Waals surface area contributed by atoms with Crippen molar-refractivity contribution in [3.63, 3.8) is 0 Å². The van der Waals surface area contributed by atoms with Gasteiger partial charge in [0.1, 0.15) is 0 Å². The number of nitrogens with zero attached hydrogens (tertiary/aromatic N) is 1. The number of carbonyl (C=O) groups excluding carboxylic acids is 1. The first-order chi connectivity index (χ1) is 7.68. The van der Waals surface area contributed by atoms with E-state index in [2.05, 4.69) is 12.2 Å². The molecule has 0 spiro atoms. The van der Waals surface area contributed by atoms with E-state index in [4.69, 9.17) is 5.73 Å². The van der Waals surface area contributed by atoms with Crippen molar-refractivity contribution in [1.29, 1.82) is 0 Å². The molecule has 4 heteroatoms. The van der Waals surface area contributed by atoms with E-state index in [1.54, 1.807) is 24.3 Å². The first kappa shape index (κ1) is 11.0. The number of carbonyl (C=O) groups is 1. The van der Waals surface area contributed by atoms with Gasteiger partial charge in [-0.25, -0.2) is 0 Å². The molecule has 1 unspecified atom stereocenters. The van der Waals surface area contributed by atoms with Crippen molar-refractivity contribution in [2.24, 2.45) is 0 Å². The van der Waals surface area contributed by atoms with E-state index < -0.39 is 0 Å². The molecular formula is C12H17N3O. The van der Waals surface area contributed by atoms with E-state index in [0.717, 1.165) is 19.6 Å². The zero-order chi connectivity index (χ0) is 11.5. The fourth-order valence-corrected chi connectivity index (χ4v) is 1.93. The molecule has 1 aromatic carbocycles. The number of piperazine rings is 1. The Labute approximate surface area is 95.4 Å². The van der Waals surface area contributed by atoms with Crippen LogP contribution in [0.2, 0.25) is 0 Å². The molecule has 16 heavy (non-hydrogen) atoms. The second-order valence-electron chi connectivity index (χ2n) is 4.17. The van der Waals surface area contributed by atoms with Gasteiger partial charge in [-0.15, -0.1) is 0 Å². The monoisotopic (exact) mass is 219 g/mol. The first-order valence-electron chi connectivity index (χ1n) is 5.55. The summed E-state index contributed by atoms with van der Waals surface area (Å²) in [7, 11) is 0.